The molecule has 0 aromatic rings. The van der Waals surface area contributed by atoms with Gasteiger partial charge in [0.1, 0.15) is 3.53 Å². The van der Waals surface area contributed by atoms with Gasteiger partial charge in [-0.1, -0.05) is 30.9 Å². The second-order valence-electron chi connectivity index (χ2n) is 3.69. The van der Waals surface area contributed by atoms with Crippen molar-refractivity contribution in [3.8, 4) is 0 Å². The molecule has 0 heterocycles. The number of thiocarbonyl (C=S) groups is 1. The fourth-order valence-corrected chi connectivity index (χ4v) is 3.85. The van der Waals surface area contributed by atoms with Crippen molar-refractivity contribution in [1.82, 2.24) is 0 Å². The van der Waals surface area contributed by atoms with Gasteiger partial charge in [0, 0.05) is 6.42 Å². The Bertz CT molecular complexity index is 309. The van der Waals surface area contributed by atoms with Crippen molar-refractivity contribution in [2.75, 3.05) is 5.75 Å². The molecule has 0 radical (unpaired) electrons. The molecule has 98 valence electrons. The number of hydrogen-bond donors (Lipinski definition) is 2. The zero-order chi connectivity index (χ0) is 13.5. The van der Waals surface area contributed by atoms with Crippen LogP contribution in [0.2, 0.25) is 0 Å². The Balaban J connectivity index is 4.45. The minimum atomic E-state index is -0.940. The van der Waals surface area contributed by atoms with E-state index in [1.54, 1.807) is 6.92 Å². The SMILES string of the molecule is CCCSC(=S)SC(C)(CCC(=O)O)C(N)=O. The number of carboxylic acid groups (broad SMARTS) is 1. The Hall–Kier alpha value is -0.270. The molecule has 0 bridgehead atoms. The summed E-state index contributed by atoms with van der Waals surface area (Å²) in [5, 5.41) is 8.63. The molecule has 0 fully saturated rings. The molecule has 0 aliphatic rings. The minimum absolute atomic E-state index is 0.0898. The molecule has 1 amide bonds. The number of rotatable bonds is 7. The monoisotopic (exact) mass is 295 g/mol. The van der Waals surface area contributed by atoms with Crippen molar-refractivity contribution in [3.05, 3.63) is 0 Å². The normalized spacial score (nSPS) is 14.0. The lowest BCUT2D eigenvalue weighted by Crippen LogP contribution is -2.39. The lowest BCUT2D eigenvalue weighted by molar-refractivity contribution is -0.137. The molecule has 0 aliphatic heterocycles. The average Bonchev–Trinajstić information content (AvgIpc) is 2.23. The van der Waals surface area contributed by atoms with Crippen LogP contribution in [0, 0.1) is 0 Å². The molecule has 1 unspecified atom stereocenters. The molecule has 0 spiro atoms. The van der Waals surface area contributed by atoms with Gasteiger partial charge in [-0.05, 0) is 25.5 Å². The summed E-state index contributed by atoms with van der Waals surface area (Å²) in [6.07, 6.45) is 1.09. The van der Waals surface area contributed by atoms with Crippen LogP contribution in [-0.4, -0.2) is 31.0 Å². The van der Waals surface area contributed by atoms with E-state index < -0.39 is 16.6 Å². The number of carbonyl (C=O) groups excluding carboxylic acids is 1. The van der Waals surface area contributed by atoms with Crippen LogP contribution in [0.5, 0.6) is 0 Å². The molecule has 7 heteroatoms. The van der Waals surface area contributed by atoms with Crippen LogP contribution in [-0.2, 0) is 9.59 Å². The number of carboxylic acids is 1. The van der Waals surface area contributed by atoms with Gasteiger partial charge in [-0.25, -0.2) is 0 Å². The van der Waals surface area contributed by atoms with E-state index in [1.807, 2.05) is 6.92 Å². The van der Waals surface area contributed by atoms with Crippen LogP contribution in [0.1, 0.15) is 33.1 Å². The Labute approximate surface area is 115 Å². The van der Waals surface area contributed by atoms with Crippen molar-refractivity contribution < 1.29 is 14.7 Å². The number of thioether (sulfide) groups is 2. The second kappa shape index (κ2) is 7.94. The standard InChI is InChI=1S/C10H17NO3S3/c1-3-6-16-9(15)17-10(2,8(11)14)5-4-7(12)13/h3-6H2,1-2H3,(H2,11,14)(H,12,13). The molecule has 0 rings (SSSR count). The van der Waals surface area contributed by atoms with E-state index in [2.05, 4.69) is 0 Å². The largest absolute Gasteiger partial charge is 0.481 e. The summed E-state index contributed by atoms with van der Waals surface area (Å²) in [6.45, 7) is 3.68. The zero-order valence-corrected chi connectivity index (χ0v) is 12.3. The second-order valence-corrected chi connectivity index (χ2v) is 7.49. The molecule has 1 atom stereocenters. The number of aliphatic carboxylic acids is 1. The van der Waals surface area contributed by atoms with Gasteiger partial charge in [-0.3, -0.25) is 9.59 Å². The Morgan fingerprint density at radius 2 is 2.06 bits per heavy atom. The van der Waals surface area contributed by atoms with E-state index in [4.69, 9.17) is 23.1 Å². The van der Waals surface area contributed by atoms with E-state index in [-0.39, 0.29) is 12.8 Å². The van der Waals surface area contributed by atoms with Gasteiger partial charge in [0.15, 0.2) is 0 Å². The molecular weight excluding hydrogens is 278 g/mol. The molecule has 0 saturated heterocycles. The highest BCUT2D eigenvalue weighted by Gasteiger charge is 2.33. The quantitative estimate of drug-likeness (QED) is 0.701. The van der Waals surface area contributed by atoms with E-state index in [0.29, 0.717) is 3.53 Å². The highest BCUT2D eigenvalue weighted by molar-refractivity contribution is 8.47. The third kappa shape index (κ3) is 6.90. The lowest BCUT2D eigenvalue weighted by atomic mass is 10.0. The minimum Gasteiger partial charge on any atom is -0.481 e. The number of primary amides is 1. The van der Waals surface area contributed by atoms with Crippen molar-refractivity contribution >= 4 is 51.1 Å². The van der Waals surface area contributed by atoms with Crippen molar-refractivity contribution in [2.45, 2.75) is 37.9 Å². The third-order valence-electron chi connectivity index (χ3n) is 2.07. The molecule has 17 heavy (non-hydrogen) atoms. The van der Waals surface area contributed by atoms with E-state index in [0.717, 1.165) is 12.2 Å². The summed E-state index contributed by atoms with van der Waals surface area (Å²) in [4.78, 5) is 21.9. The Kier molecular flexibility index (Phi) is 7.82. The Morgan fingerprint density at radius 3 is 2.47 bits per heavy atom. The Morgan fingerprint density at radius 1 is 1.47 bits per heavy atom. The molecule has 0 aromatic heterocycles. The van der Waals surface area contributed by atoms with Crippen molar-refractivity contribution in [3.63, 3.8) is 0 Å². The first-order chi connectivity index (χ1) is 7.81. The number of nitrogens with two attached hydrogens (primary N) is 1. The van der Waals surface area contributed by atoms with Gasteiger partial charge < -0.3 is 10.8 Å². The maximum absolute atomic E-state index is 11.4. The van der Waals surface area contributed by atoms with Gasteiger partial charge in [0.05, 0.1) is 4.75 Å². The first kappa shape index (κ1) is 16.7. The smallest absolute Gasteiger partial charge is 0.303 e. The lowest BCUT2D eigenvalue weighted by Gasteiger charge is -2.24. The number of hydrogen-bond acceptors (Lipinski definition) is 5. The summed E-state index contributed by atoms with van der Waals surface area (Å²) in [7, 11) is 0. The van der Waals surface area contributed by atoms with Gasteiger partial charge in [-0.15, -0.1) is 11.8 Å². The molecule has 0 saturated carbocycles. The van der Waals surface area contributed by atoms with E-state index in [1.165, 1.54) is 23.5 Å². The maximum Gasteiger partial charge on any atom is 0.303 e. The van der Waals surface area contributed by atoms with Gasteiger partial charge in [0.25, 0.3) is 0 Å². The van der Waals surface area contributed by atoms with E-state index in [9.17, 15) is 9.59 Å². The molecule has 0 aromatic carbocycles. The molecular formula is C10H17NO3S3. The predicted molar refractivity (Wildman–Crippen MR) is 77.4 cm³/mol. The van der Waals surface area contributed by atoms with Crippen LogP contribution in [0.25, 0.3) is 0 Å². The van der Waals surface area contributed by atoms with Gasteiger partial charge in [-0.2, -0.15) is 0 Å². The van der Waals surface area contributed by atoms with Crippen LogP contribution >= 0.6 is 35.7 Å². The van der Waals surface area contributed by atoms with E-state index >= 15 is 0 Å². The highest BCUT2D eigenvalue weighted by atomic mass is 32.2. The number of amides is 1. The van der Waals surface area contributed by atoms with Crippen LogP contribution < -0.4 is 5.73 Å². The average molecular weight is 295 g/mol. The molecule has 0 aliphatic carbocycles. The summed E-state index contributed by atoms with van der Waals surface area (Å²) < 4.78 is -0.297. The topological polar surface area (TPSA) is 80.4 Å². The summed E-state index contributed by atoms with van der Waals surface area (Å²) in [5.74, 6) is -0.576. The fraction of sp³-hybridized carbons (Fsp3) is 0.700. The molecule has 4 nitrogen and oxygen atoms in total. The number of carbonyl (C=O) groups is 2. The van der Waals surface area contributed by atoms with Gasteiger partial charge >= 0.3 is 5.97 Å². The molecule has 3 N–H and O–H groups in total. The van der Waals surface area contributed by atoms with Crippen LogP contribution in [0.4, 0.5) is 0 Å². The van der Waals surface area contributed by atoms with Crippen molar-refractivity contribution in [2.24, 2.45) is 5.73 Å². The first-order valence-electron chi connectivity index (χ1n) is 5.19. The van der Waals surface area contributed by atoms with Crippen LogP contribution in [0.15, 0.2) is 0 Å². The predicted octanol–water partition coefficient (Wildman–Crippen LogP) is 2.26. The summed E-state index contributed by atoms with van der Waals surface area (Å²) in [5.41, 5.74) is 5.31. The third-order valence-corrected chi connectivity index (χ3v) is 5.15. The maximum atomic E-state index is 11.4. The summed E-state index contributed by atoms with van der Waals surface area (Å²) in [6, 6.07) is 0. The highest BCUT2D eigenvalue weighted by Crippen LogP contribution is 2.34. The zero-order valence-electron chi connectivity index (χ0n) is 9.89. The first-order valence-corrected chi connectivity index (χ1v) is 7.40. The van der Waals surface area contributed by atoms with Crippen LogP contribution in [0.3, 0.4) is 0 Å². The summed E-state index contributed by atoms with van der Waals surface area (Å²) >= 11 is 7.83. The fourth-order valence-electron chi connectivity index (χ4n) is 0.969. The van der Waals surface area contributed by atoms with Crippen molar-refractivity contribution in [1.29, 1.82) is 0 Å². The van der Waals surface area contributed by atoms with Gasteiger partial charge in [0.2, 0.25) is 5.91 Å².